The summed E-state index contributed by atoms with van der Waals surface area (Å²) in [6, 6.07) is 14.6. The normalized spacial score (nSPS) is 11.7. The Morgan fingerprint density at radius 1 is 1.05 bits per heavy atom. The molecule has 0 aliphatic rings. The smallest absolute Gasteiger partial charge is 0.255 e. The Bertz CT molecular complexity index is 651. The summed E-state index contributed by atoms with van der Waals surface area (Å²) in [7, 11) is 0. The van der Waals surface area contributed by atoms with E-state index in [0.717, 1.165) is 0 Å². The first-order valence-electron chi connectivity index (χ1n) is 6.10. The van der Waals surface area contributed by atoms with Gasteiger partial charge < -0.3 is 10.4 Å². The van der Waals surface area contributed by atoms with Crippen LogP contribution < -0.4 is 5.32 Å². The maximum absolute atomic E-state index is 13.4. The van der Waals surface area contributed by atoms with E-state index in [4.69, 9.17) is 0 Å². The Labute approximate surface area is 116 Å². The number of amides is 1. The van der Waals surface area contributed by atoms with Crippen LogP contribution in [0.25, 0.3) is 5.76 Å². The molecule has 0 heterocycles. The van der Waals surface area contributed by atoms with Crippen molar-refractivity contribution in [2.45, 2.75) is 6.92 Å². The molecule has 0 radical (unpaired) electrons. The van der Waals surface area contributed by atoms with Crippen LogP contribution in [-0.4, -0.2) is 11.0 Å². The fourth-order valence-corrected chi connectivity index (χ4v) is 1.70. The summed E-state index contributed by atoms with van der Waals surface area (Å²) in [6.45, 7) is 1.48. The summed E-state index contributed by atoms with van der Waals surface area (Å²) >= 11 is 0. The van der Waals surface area contributed by atoms with Crippen molar-refractivity contribution >= 4 is 17.4 Å². The van der Waals surface area contributed by atoms with Crippen LogP contribution >= 0.6 is 0 Å². The second kappa shape index (κ2) is 6.02. The molecule has 2 N–H and O–H groups in total. The van der Waals surface area contributed by atoms with Crippen molar-refractivity contribution < 1.29 is 14.3 Å². The highest BCUT2D eigenvalue weighted by Gasteiger charge is 2.13. The number of para-hydroxylation sites is 1. The maximum atomic E-state index is 13.4. The number of rotatable bonds is 3. The second-order valence-electron chi connectivity index (χ2n) is 4.27. The van der Waals surface area contributed by atoms with Crippen molar-refractivity contribution in [1.82, 2.24) is 0 Å². The third-order valence-corrected chi connectivity index (χ3v) is 2.87. The summed E-state index contributed by atoms with van der Waals surface area (Å²) in [5.41, 5.74) is 0.742. The summed E-state index contributed by atoms with van der Waals surface area (Å²) in [5, 5.41) is 12.5. The number of anilines is 1. The van der Waals surface area contributed by atoms with Gasteiger partial charge in [-0.15, -0.1) is 0 Å². The summed E-state index contributed by atoms with van der Waals surface area (Å²) in [4.78, 5) is 12.0. The van der Waals surface area contributed by atoms with Gasteiger partial charge in [0.2, 0.25) is 0 Å². The predicted octanol–water partition coefficient (Wildman–Crippen LogP) is 3.75. The number of aliphatic hydroxyl groups excluding tert-OH is 1. The molecule has 0 bridgehead atoms. The molecule has 0 aliphatic carbocycles. The molecule has 4 heteroatoms. The lowest BCUT2D eigenvalue weighted by Gasteiger charge is -2.08. The number of benzene rings is 2. The van der Waals surface area contributed by atoms with Crippen molar-refractivity contribution in [3.05, 3.63) is 71.6 Å². The molecular formula is C16H14FNO2. The molecule has 102 valence electrons. The zero-order valence-corrected chi connectivity index (χ0v) is 10.9. The fraction of sp³-hybridized carbons (Fsp3) is 0.0625. The standard InChI is InChI=1S/C16H14FNO2/c1-11(15(19)12-7-3-2-4-8-12)16(20)18-14-10-6-5-9-13(14)17/h2-10,19H,1H3,(H,18,20)/b15-11+. The van der Waals surface area contributed by atoms with Gasteiger partial charge in [0, 0.05) is 5.56 Å². The third-order valence-electron chi connectivity index (χ3n) is 2.87. The van der Waals surface area contributed by atoms with Crippen LogP contribution in [0.4, 0.5) is 10.1 Å². The van der Waals surface area contributed by atoms with E-state index >= 15 is 0 Å². The molecule has 0 aliphatic heterocycles. The lowest BCUT2D eigenvalue weighted by Crippen LogP contribution is -2.15. The highest BCUT2D eigenvalue weighted by atomic mass is 19.1. The van der Waals surface area contributed by atoms with Crippen LogP contribution in [0.5, 0.6) is 0 Å². The van der Waals surface area contributed by atoms with Gasteiger partial charge in [-0.05, 0) is 19.1 Å². The first-order chi connectivity index (χ1) is 9.59. The van der Waals surface area contributed by atoms with E-state index in [1.54, 1.807) is 30.3 Å². The van der Waals surface area contributed by atoms with Crippen molar-refractivity contribution in [2.24, 2.45) is 0 Å². The third kappa shape index (κ3) is 3.03. The molecule has 0 saturated heterocycles. The molecule has 0 spiro atoms. The molecule has 2 aromatic rings. The van der Waals surface area contributed by atoms with Crippen molar-refractivity contribution in [3.8, 4) is 0 Å². The monoisotopic (exact) mass is 271 g/mol. The van der Waals surface area contributed by atoms with E-state index < -0.39 is 11.7 Å². The Hall–Kier alpha value is -2.62. The van der Waals surface area contributed by atoms with Crippen molar-refractivity contribution in [1.29, 1.82) is 0 Å². The zero-order valence-electron chi connectivity index (χ0n) is 10.9. The number of carbonyl (C=O) groups is 1. The Morgan fingerprint density at radius 3 is 2.30 bits per heavy atom. The first-order valence-corrected chi connectivity index (χ1v) is 6.10. The molecule has 1 amide bonds. The van der Waals surface area contributed by atoms with Gasteiger partial charge in [0.1, 0.15) is 11.6 Å². The highest BCUT2D eigenvalue weighted by Crippen LogP contribution is 2.18. The van der Waals surface area contributed by atoms with Crippen LogP contribution in [0, 0.1) is 5.82 Å². The topological polar surface area (TPSA) is 49.3 Å². The zero-order chi connectivity index (χ0) is 14.5. The van der Waals surface area contributed by atoms with Gasteiger partial charge in [-0.1, -0.05) is 42.5 Å². The van der Waals surface area contributed by atoms with Crippen molar-refractivity contribution in [2.75, 3.05) is 5.32 Å². The van der Waals surface area contributed by atoms with Crippen LogP contribution in [0.3, 0.4) is 0 Å². The fourth-order valence-electron chi connectivity index (χ4n) is 1.70. The number of hydrogen-bond acceptors (Lipinski definition) is 2. The van der Waals surface area contributed by atoms with Gasteiger partial charge in [0.05, 0.1) is 11.3 Å². The summed E-state index contributed by atoms with van der Waals surface area (Å²) in [6.07, 6.45) is 0. The van der Waals surface area contributed by atoms with E-state index in [1.165, 1.54) is 25.1 Å². The molecule has 20 heavy (non-hydrogen) atoms. The Morgan fingerprint density at radius 2 is 1.65 bits per heavy atom. The number of hydrogen-bond donors (Lipinski definition) is 2. The molecule has 0 fully saturated rings. The van der Waals surface area contributed by atoms with E-state index in [0.29, 0.717) is 5.56 Å². The SMILES string of the molecule is C/C(C(=O)Nc1ccccc1F)=C(\O)c1ccccc1. The maximum Gasteiger partial charge on any atom is 0.255 e. The quantitative estimate of drug-likeness (QED) is 0.659. The molecule has 0 aromatic heterocycles. The lowest BCUT2D eigenvalue weighted by molar-refractivity contribution is -0.112. The van der Waals surface area contributed by atoms with Crippen LogP contribution in [0.2, 0.25) is 0 Å². The predicted molar refractivity (Wildman–Crippen MR) is 76.7 cm³/mol. The van der Waals surface area contributed by atoms with Crippen LogP contribution in [0.15, 0.2) is 60.2 Å². The van der Waals surface area contributed by atoms with E-state index in [2.05, 4.69) is 5.32 Å². The minimum Gasteiger partial charge on any atom is -0.507 e. The second-order valence-corrected chi connectivity index (χ2v) is 4.27. The molecule has 2 aromatic carbocycles. The molecule has 0 atom stereocenters. The minimum absolute atomic E-state index is 0.0812. The lowest BCUT2D eigenvalue weighted by atomic mass is 10.1. The van der Waals surface area contributed by atoms with Gasteiger partial charge in [-0.2, -0.15) is 0 Å². The number of nitrogens with one attached hydrogen (secondary N) is 1. The summed E-state index contributed by atoms with van der Waals surface area (Å²) in [5.74, 6) is -1.19. The first kappa shape index (κ1) is 13.8. The average molecular weight is 271 g/mol. The van der Waals surface area contributed by atoms with E-state index in [9.17, 15) is 14.3 Å². The number of carbonyl (C=O) groups excluding carboxylic acids is 1. The minimum atomic E-state index is -0.545. The molecule has 0 unspecified atom stereocenters. The van der Waals surface area contributed by atoms with Gasteiger partial charge in [0.15, 0.2) is 0 Å². The summed E-state index contributed by atoms with van der Waals surface area (Å²) < 4.78 is 13.4. The van der Waals surface area contributed by atoms with E-state index in [1.807, 2.05) is 6.07 Å². The largest absolute Gasteiger partial charge is 0.507 e. The average Bonchev–Trinajstić information content (AvgIpc) is 2.49. The number of halogens is 1. The highest BCUT2D eigenvalue weighted by molar-refractivity contribution is 6.07. The molecule has 2 rings (SSSR count). The Kier molecular flexibility index (Phi) is 4.15. The molecule has 3 nitrogen and oxygen atoms in total. The van der Waals surface area contributed by atoms with Gasteiger partial charge >= 0.3 is 0 Å². The molecular weight excluding hydrogens is 257 g/mol. The number of aliphatic hydroxyl groups is 1. The van der Waals surface area contributed by atoms with Gasteiger partial charge in [-0.3, -0.25) is 4.79 Å². The van der Waals surface area contributed by atoms with Crippen molar-refractivity contribution in [3.63, 3.8) is 0 Å². The van der Waals surface area contributed by atoms with Crippen LogP contribution in [-0.2, 0) is 4.79 Å². The van der Waals surface area contributed by atoms with Gasteiger partial charge in [-0.25, -0.2) is 4.39 Å². The van der Waals surface area contributed by atoms with Crippen LogP contribution in [0.1, 0.15) is 12.5 Å². The molecule has 0 saturated carbocycles. The van der Waals surface area contributed by atoms with E-state index in [-0.39, 0.29) is 17.0 Å². The Balaban J connectivity index is 2.23. The van der Waals surface area contributed by atoms with Gasteiger partial charge in [0.25, 0.3) is 5.91 Å².